The fourth-order valence-electron chi connectivity index (χ4n) is 1.66. The van der Waals surface area contributed by atoms with Crippen molar-refractivity contribution in [3.05, 3.63) is 0 Å². The van der Waals surface area contributed by atoms with Crippen molar-refractivity contribution in [1.82, 2.24) is 10.2 Å². The van der Waals surface area contributed by atoms with Gasteiger partial charge < -0.3 is 15.0 Å². The third-order valence-corrected chi connectivity index (χ3v) is 2.59. The van der Waals surface area contributed by atoms with Crippen LogP contribution >= 0.6 is 0 Å². The summed E-state index contributed by atoms with van der Waals surface area (Å²) in [6.45, 7) is 6.41. The molecule has 2 atom stereocenters. The second-order valence-corrected chi connectivity index (χ2v) is 5.48. The van der Waals surface area contributed by atoms with E-state index < -0.39 is 30.5 Å². The van der Waals surface area contributed by atoms with Gasteiger partial charge in [0.2, 0.25) is 0 Å². The van der Waals surface area contributed by atoms with E-state index in [1.54, 1.807) is 27.7 Å². The van der Waals surface area contributed by atoms with Crippen LogP contribution < -0.4 is 5.32 Å². The molecule has 0 radical (unpaired) electrons. The first kappa shape index (κ1) is 15.1. The molecule has 1 N–H and O–H groups in total. The van der Waals surface area contributed by atoms with E-state index in [2.05, 4.69) is 5.32 Å². The van der Waals surface area contributed by atoms with Crippen LogP contribution in [0.3, 0.4) is 0 Å². The number of carbonyl (C=O) groups is 1. The molecule has 1 rings (SSSR count). The zero-order valence-corrected chi connectivity index (χ0v) is 11.0. The maximum absolute atomic E-state index is 12.6. The van der Waals surface area contributed by atoms with E-state index in [0.29, 0.717) is 0 Å². The number of alkyl halides is 3. The summed E-state index contributed by atoms with van der Waals surface area (Å²) in [5, 5.41) is 2.38. The molecule has 0 aromatic heterocycles. The number of hydrogen-bond donors (Lipinski definition) is 1. The van der Waals surface area contributed by atoms with Gasteiger partial charge in [-0.05, 0) is 27.7 Å². The van der Waals surface area contributed by atoms with Gasteiger partial charge in [-0.3, -0.25) is 0 Å². The van der Waals surface area contributed by atoms with Crippen LogP contribution in [0.2, 0.25) is 0 Å². The van der Waals surface area contributed by atoms with Gasteiger partial charge in [0.1, 0.15) is 11.6 Å². The third kappa shape index (κ3) is 4.04. The lowest BCUT2D eigenvalue weighted by molar-refractivity contribution is -0.166. The average molecular weight is 268 g/mol. The maximum Gasteiger partial charge on any atom is 0.410 e. The van der Waals surface area contributed by atoms with E-state index in [0.717, 1.165) is 4.90 Å². The molecule has 4 nitrogen and oxygen atoms in total. The van der Waals surface area contributed by atoms with Crippen LogP contribution in [0.25, 0.3) is 0 Å². The van der Waals surface area contributed by atoms with Gasteiger partial charge in [-0.2, -0.15) is 13.2 Å². The first-order valence-electron chi connectivity index (χ1n) is 5.80. The van der Waals surface area contributed by atoms with Crippen molar-refractivity contribution < 1.29 is 22.7 Å². The number of rotatable bonds is 0. The fraction of sp³-hybridized carbons (Fsp3) is 0.909. The summed E-state index contributed by atoms with van der Waals surface area (Å²) in [7, 11) is 0. The van der Waals surface area contributed by atoms with Crippen LogP contribution in [-0.2, 0) is 4.74 Å². The summed E-state index contributed by atoms with van der Waals surface area (Å²) in [6, 6.07) is -2.01. The van der Waals surface area contributed by atoms with Crippen LogP contribution in [0.1, 0.15) is 27.7 Å². The molecule has 0 unspecified atom stereocenters. The molecule has 1 aliphatic rings. The number of nitrogens with one attached hydrogen (secondary N) is 1. The Morgan fingerprint density at radius 3 is 2.33 bits per heavy atom. The maximum atomic E-state index is 12.6. The molecule has 0 aliphatic carbocycles. The second kappa shape index (κ2) is 4.95. The highest BCUT2D eigenvalue weighted by Gasteiger charge is 2.45. The highest BCUT2D eigenvalue weighted by Crippen LogP contribution is 2.24. The Labute approximate surface area is 104 Å². The molecular weight excluding hydrogens is 249 g/mol. The summed E-state index contributed by atoms with van der Waals surface area (Å²) < 4.78 is 42.9. The van der Waals surface area contributed by atoms with E-state index in [4.69, 9.17) is 4.74 Å². The van der Waals surface area contributed by atoms with Crippen LogP contribution in [0.15, 0.2) is 0 Å². The number of halogens is 3. The van der Waals surface area contributed by atoms with Gasteiger partial charge in [0.15, 0.2) is 0 Å². The van der Waals surface area contributed by atoms with Gasteiger partial charge in [0, 0.05) is 19.1 Å². The molecule has 1 saturated heterocycles. The molecule has 18 heavy (non-hydrogen) atoms. The van der Waals surface area contributed by atoms with Crippen molar-refractivity contribution in [3.63, 3.8) is 0 Å². The standard InChI is InChI=1S/C11H19F3N2O2/c1-7-5-15-8(11(12,13)14)6-16(7)9(17)18-10(2,3)4/h7-8,15H,5-6H2,1-4H3/t7-,8+/m0/s1. The third-order valence-electron chi connectivity index (χ3n) is 2.59. The smallest absolute Gasteiger partial charge is 0.410 e. The summed E-state index contributed by atoms with van der Waals surface area (Å²) in [6.07, 6.45) is -5.06. The lowest BCUT2D eigenvalue weighted by Gasteiger charge is -2.39. The van der Waals surface area contributed by atoms with Gasteiger partial charge in [-0.25, -0.2) is 4.79 Å². The van der Waals surface area contributed by atoms with E-state index in [1.807, 2.05) is 0 Å². The summed E-state index contributed by atoms with van der Waals surface area (Å²) >= 11 is 0. The van der Waals surface area contributed by atoms with Crippen LogP contribution in [0.4, 0.5) is 18.0 Å². The highest BCUT2D eigenvalue weighted by atomic mass is 19.4. The first-order chi connectivity index (χ1) is 8.00. The Bertz CT molecular complexity index is 312. The van der Waals surface area contributed by atoms with E-state index in [-0.39, 0.29) is 12.6 Å². The van der Waals surface area contributed by atoms with Gasteiger partial charge in [0.25, 0.3) is 0 Å². The lowest BCUT2D eigenvalue weighted by Crippen LogP contribution is -2.62. The molecule has 0 bridgehead atoms. The normalized spacial score (nSPS) is 26.1. The van der Waals surface area contributed by atoms with Crippen LogP contribution in [0, 0.1) is 0 Å². The molecule has 1 fully saturated rings. The van der Waals surface area contributed by atoms with Crippen molar-refractivity contribution in [2.45, 2.75) is 51.6 Å². The highest BCUT2D eigenvalue weighted by molar-refractivity contribution is 5.68. The predicted molar refractivity (Wildman–Crippen MR) is 60.2 cm³/mol. The van der Waals surface area contributed by atoms with E-state index in [1.165, 1.54) is 0 Å². The predicted octanol–water partition coefficient (Wildman–Crippen LogP) is 2.15. The molecular formula is C11H19F3N2O2. The minimum absolute atomic E-state index is 0.101. The second-order valence-electron chi connectivity index (χ2n) is 5.48. The van der Waals surface area contributed by atoms with Crippen LogP contribution in [-0.4, -0.2) is 47.9 Å². The summed E-state index contributed by atoms with van der Waals surface area (Å²) in [5.41, 5.74) is -0.713. The number of amides is 1. The van der Waals surface area contributed by atoms with Gasteiger partial charge in [0.05, 0.1) is 0 Å². The largest absolute Gasteiger partial charge is 0.444 e. The Balaban J connectivity index is 2.71. The molecule has 1 heterocycles. The zero-order chi connectivity index (χ0) is 14.1. The fourth-order valence-corrected chi connectivity index (χ4v) is 1.66. The molecule has 0 aromatic rings. The first-order valence-corrected chi connectivity index (χ1v) is 5.80. The summed E-state index contributed by atoms with van der Waals surface area (Å²) in [5.74, 6) is 0. The number of piperazine rings is 1. The van der Waals surface area contributed by atoms with E-state index in [9.17, 15) is 18.0 Å². The molecule has 0 saturated carbocycles. The Morgan fingerprint density at radius 1 is 1.33 bits per heavy atom. The molecule has 0 aromatic carbocycles. The van der Waals surface area contributed by atoms with Crippen molar-refractivity contribution in [3.8, 4) is 0 Å². The minimum Gasteiger partial charge on any atom is -0.444 e. The number of nitrogens with zero attached hydrogens (tertiary/aromatic N) is 1. The molecule has 0 spiro atoms. The number of carbonyl (C=O) groups excluding carboxylic acids is 1. The molecule has 106 valence electrons. The van der Waals surface area contributed by atoms with Crippen LogP contribution in [0.5, 0.6) is 0 Å². The quantitative estimate of drug-likeness (QED) is 0.732. The average Bonchev–Trinajstić information content (AvgIpc) is 2.13. The zero-order valence-electron chi connectivity index (χ0n) is 11.0. The van der Waals surface area contributed by atoms with Crippen molar-refractivity contribution in [1.29, 1.82) is 0 Å². The Hall–Kier alpha value is -0.980. The molecule has 1 amide bonds. The Morgan fingerprint density at radius 2 is 1.89 bits per heavy atom. The van der Waals surface area contributed by atoms with E-state index >= 15 is 0 Å². The SMILES string of the molecule is C[C@H]1CN[C@@H](C(F)(F)F)CN1C(=O)OC(C)(C)C. The van der Waals surface area contributed by atoms with Crippen molar-refractivity contribution in [2.75, 3.05) is 13.1 Å². The van der Waals surface area contributed by atoms with Gasteiger partial charge >= 0.3 is 12.3 Å². The minimum atomic E-state index is -4.36. The Kier molecular flexibility index (Phi) is 4.15. The topological polar surface area (TPSA) is 41.6 Å². The number of ether oxygens (including phenoxy) is 1. The lowest BCUT2D eigenvalue weighted by atomic mass is 10.1. The summed E-state index contributed by atoms with van der Waals surface area (Å²) in [4.78, 5) is 12.9. The molecule has 7 heteroatoms. The van der Waals surface area contributed by atoms with Gasteiger partial charge in [-0.1, -0.05) is 0 Å². The molecule has 1 aliphatic heterocycles. The number of hydrogen-bond acceptors (Lipinski definition) is 3. The van der Waals surface area contributed by atoms with Crippen molar-refractivity contribution >= 4 is 6.09 Å². The monoisotopic (exact) mass is 268 g/mol. The van der Waals surface area contributed by atoms with Gasteiger partial charge in [-0.15, -0.1) is 0 Å². The van der Waals surface area contributed by atoms with Crippen molar-refractivity contribution in [2.24, 2.45) is 0 Å².